The largest absolute Gasteiger partial charge is 0.439 e. The maximum atomic E-state index is 12.1. The van der Waals surface area contributed by atoms with E-state index >= 15 is 0 Å². The number of anilines is 1. The number of ether oxygens (including phenoxy) is 1. The highest BCUT2D eigenvalue weighted by atomic mass is 35.5. The highest BCUT2D eigenvalue weighted by Crippen LogP contribution is 2.26. The van der Waals surface area contributed by atoms with Crippen molar-refractivity contribution in [2.24, 2.45) is 0 Å². The fraction of sp³-hybridized carbons (Fsp3) is 0.143. The second-order valence-corrected chi connectivity index (χ2v) is 6.47. The van der Waals surface area contributed by atoms with Gasteiger partial charge in [-0.3, -0.25) is 4.79 Å². The molecule has 2 aromatic carbocycles. The van der Waals surface area contributed by atoms with E-state index in [1.165, 1.54) is 0 Å². The van der Waals surface area contributed by atoms with E-state index in [1.54, 1.807) is 30.5 Å². The number of nitrogens with zero attached hydrogens (tertiary/aromatic N) is 1. The van der Waals surface area contributed by atoms with Crippen LogP contribution < -0.4 is 10.1 Å². The van der Waals surface area contributed by atoms with Gasteiger partial charge in [-0.25, -0.2) is 4.98 Å². The highest BCUT2D eigenvalue weighted by Gasteiger charge is 2.07. The van der Waals surface area contributed by atoms with Crippen LogP contribution in [-0.2, 0) is 11.2 Å². The number of hydrogen-bond donors (Lipinski definition) is 1. The number of halogens is 1. The van der Waals surface area contributed by atoms with E-state index in [4.69, 9.17) is 16.3 Å². The number of hydrogen-bond acceptors (Lipinski definition) is 3. The second-order valence-electron chi connectivity index (χ2n) is 6.04. The second kappa shape index (κ2) is 8.02. The van der Waals surface area contributed by atoms with Gasteiger partial charge < -0.3 is 10.1 Å². The molecule has 4 nitrogen and oxygen atoms in total. The van der Waals surface area contributed by atoms with Crippen LogP contribution in [0.1, 0.15) is 16.7 Å². The van der Waals surface area contributed by atoms with Crippen molar-refractivity contribution in [1.82, 2.24) is 4.98 Å². The average molecular weight is 367 g/mol. The zero-order valence-electron chi connectivity index (χ0n) is 14.6. The zero-order chi connectivity index (χ0) is 18.5. The number of pyridine rings is 1. The summed E-state index contributed by atoms with van der Waals surface area (Å²) in [7, 11) is 0. The van der Waals surface area contributed by atoms with Gasteiger partial charge in [0, 0.05) is 11.1 Å². The maximum absolute atomic E-state index is 12.1. The normalized spacial score (nSPS) is 10.4. The molecule has 26 heavy (non-hydrogen) atoms. The third-order valence-electron chi connectivity index (χ3n) is 4.07. The summed E-state index contributed by atoms with van der Waals surface area (Å²) in [6.07, 6.45) is 1.86. The van der Waals surface area contributed by atoms with Crippen LogP contribution in [-0.4, -0.2) is 10.9 Å². The lowest BCUT2D eigenvalue weighted by Gasteiger charge is -2.10. The number of carbonyl (C=O) groups is 1. The first-order valence-corrected chi connectivity index (χ1v) is 8.63. The number of nitrogens with one attached hydrogen (secondary N) is 1. The predicted octanol–water partition coefficient (Wildman–Crippen LogP) is 5.33. The van der Waals surface area contributed by atoms with Gasteiger partial charge in [0.15, 0.2) is 0 Å². The molecule has 0 bridgehead atoms. The smallest absolute Gasteiger partial charge is 0.228 e. The number of aromatic nitrogens is 1. The van der Waals surface area contributed by atoms with Crippen molar-refractivity contribution in [2.45, 2.75) is 20.3 Å². The molecule has 0 fully saturated rings. The first kappa shape index (κ1) is 18.0. The van der Waals surface area contributed by atoms with E-state index in [1.807, 2.05) is 44.2 Å². The third kappa shape index (κ3) is 4.61. The molecule has 3 aromatic rings. The van der Waals surface area contributed by atoms with Crippen LogP contribution in [0, 0.1) is 13.8 Å². The number of benzene rings is 2. The number of aryl methyl sites for hydroxylation is 1. The summed E-state index contributed by atoms with van der Waals surface area (Å²) in [6.45, 7) is 4.05. The molecule has 1 amide bonds. The molecule has 5 heteroatoms. The number of carbonyl (C=O) groups excluding carboxylic acids is 1. The van der Waals surface area contributed by atoms with Gasteiger partial charge in [0.25, 0.3) is 0 Å². The van der Waals surface area contributed by atoms with Crippen molar-refractivity contribution in [3.63, 3.8) is 0 Å². The Bertz CT molecular complexity index is 906. The topological polar surface area (TPSA) is 51.2 Å². The van der Waals surface area contributed by atoms with Gasteiger partial charge >= 0.3 is 0 Å². The zero-order valence-corrected chi connectivity index (χ0v) is 15.4. The van der Waals surface area contributed by atoms with Crippen molar-refractivity contribution in [2.75, 3.05) is 5.32 Å². The van der Waals surface area contributed by atoms with Gasteiger partial charge in [0.1, 0.15) is 5.75 Å². The van der Waals surface area contributed by atoms with Crippen LogP contribution >= 0.6 is 11.6 Å². The SMILES string of the molecule is Cc1cccc(Oc2ccc(NC(=O)Cc3ccc(Cl)cc3)cn2)c1C. The average Bonchev–Trinajstić information content (AvgIpc) is 2.62. The van der Waals surface area contributed by atoms with Crippen LogP contribution in [0.2, 0.25) is 5.02 Å². The summed E-state index contributed by atoms with van der Waals surface area (Å²) < 4.78 is 5.82. The lowest BCUT2D eigenvalue weighted by Crippen LogP contribution is -2.14. The third-order valence-corrected chi connectivity index (χ3v) is 4.32. The molecule has 1 N–H and O–H groups in total. The monoisotopic (exact) mass is 366 g/mol. The molecule has 0 aliphatic rings. The minimum atomic E-state index is -0.114. The summed E-state index contributed by atoms with van der Waals surface area (Å²) >= 11 is 5.85. The molecule has 1 heterocycles. The van der Waals surface area contributed by atoms with Crippen LogP contribution in [0.15, 0.2) is 60.8 Å². The molecule has 0 radical (unpaired) electrons. The summed E-state index contributed by atoms with van der Waals surface area (Å²) in [4.78, 5) is 16.4. The van der Waals surface area contributed by atoms with Gasteiger partial charge in [0.2, 0.25) is 11.8 Å². The molecular formula is C21H19ClN2O2. The van der Waals surface area contributed by atoms with Gasteiger partial charge in [-0.15, -0.1) is 0 Å². The molecule has 0 aliphatic heterocycles. The van der Waals surface area contributed by atoms with E-state index in [2.05, 4.69) is 10.3 Å². The summed E-state index contributed by atoms with van der Waals surface area (Å²) in [5.74, 6) is 1.14. The van der Waals surface area contributed by atoms with Gasteiger partial charge in [-0.1, -0.05) is 35.9 Å². The lowest BCUT2D eigenvalue weighted by atomic mass is 10.1. The van der Waals surface area contributed by atoms with Crippen molar-refractivity contribution in [3.8, 4) is 11.6 Å². The Morgan fingerprint density at radius 1 is 1.08 bits per heavy atom. The quantitative estimate of drug-likeness (QED) is 0.664. The van der Waals surface area contributed by atoms with Crippen molar-refractivity contribution < 1.29 is 9.53 Å². The van der Waals surface area contributed by atoms with E-state index in [0.717, 1.165) is 22.4 Å². The summed E-state index contributed by atoms with van der Waals surface area (Å²) in [5.41, 5.74) is 3.76. The standard InChI is InChI=1S/C21H19ClN2O2/c1-14-4-3-5-19(15(14)2)26-21-11-10-18(13-23-21)24-20(25)12-16-6-8-17(22)9-7-16/h3-11,13H,12H2,1-2H3,(H,24,25). The van der Waals surface area contributed by atoms with Crippen molar-refractivity contribution >= 4 is 23.2 Å². The minimum absolute atomic E-state index is 0.114. The molecule has 0 aliphatic carbocycles. The summed E-state index contributed by atoms with van der Waals surface area (Å²) in [5, 5.41) is 3.48. The molecule has 0 spiro atoms. The molecule has 0 unspecified atom stereocenters. The van der Waals surface area contributed by atoms with E-state index in [9.17, 15) is 4.79 Å². The van der Waals surface area contributed by atoms with Crippen LogP contribution in [0.5, 0.6) is 11.6 Å². The lowest BCUT2D eigenvalue weighted by molar-refractivity contribution is -0.115. The number of rotatable bonds is 5. The summed E-state index contributed by atoms with van der Waals surface area (Å²) in [6, 6.07) is 16.6. The van der Waals surface area contributed by atoms with E-state index < -0.39 is 0 Å². The fourth-order valence-electron chi connectivity index (χ4n) is 2.45. The molecule has 0 atom stereocenters. The van der Waals surface area contributed by atoms with Gasteiger partial charge in [-0.05, 0) is 54.8 Å². The molecule has 0 saturated carbocycles. The minimum Gasteiger partial charge on any atom is -0.439 e. The molecule has 1 aromatic heterocycles. The van der Waals surface area contributed by atoms with Crippen molar-refractivity contribution in [1.29, 1.82) is 0 Å². The molecule has 0 saturated heterocycles. The van der Waals surface area contributed by atoms with Crippen molar-refractivity contribution in [3.05, 3.63) is 82.5 Å². The molecule has 132 valence electrons. The Morgan fingerprint density at radius 3 is 2.54 bits per heavy atom. The molecule has 3 rings (SSSR count). The van der Waals surface area contributed by atoms with Crippen LogP contribution in [0.4, 0.5) is 5.69 Å². The highest BCUT2D eigenvalue weighted by molar-refractivity contribution is 6.30. The Hall–Kier alpha value is -2.85. The first-order valence-electron chi connectivity index (χ1n) is 8.26. The maximum Gasteiger partial charge on any atom is 0.228 e. The van der Waals surface area contributed by atoms with E-state index in [-0.39, 0.29) is 12.3 Å². The van der Waals surface area contributed by atoms with Crippen LogP contribution in [0.25, 0.3) is 0 Å². The number of amides is 1. The Kier molecular flexibility index (Phi) is 5.54. The Morgan fingerprint density at radius 2 is 1.85 bits per heavy atom. The van der Waals surface area contributed by atoms with Crippen LogP contribution in [0.3, 0.4) is 0 Å². The first-order chi connectivity index (χ1) is 12.5. The molecular weight excluding hydrogens is 348 g/mol. The Balaban J connectivity index is 1.61. The fourth-order valence-corrected chi connectivity index (χ4v) is 2.58. The van der Waals surface area contributed by atoms with Gasteiger partial charge in [0.05, 0.1) is 18.3 Å². The predicted molar refractivity (Wildman–Crippen MR) is 104 cm³/mol. The van der Waals surface area contributed by atoms with E-state index in [0.29, 0.717) is 16.6 Å². The Labute approximate surface area is 157 Å². The van der Waals surface area contributed by atoms with Gasteiger partial charge in [-0.2, -0.15) is 0 Å².